The molecule has 0 aliphatic rings. The smallest absolute Gasteiger partial charge is 0.272 e. The van der Waals surface area contributed by atoms with Gasteiger partial charge in [-0.05, 0) is 43.5 Å². The molecule has 0 saturated carbocycles. The number of nitrogens with one attached hydrogen (secondary N) is 2. The summed E-state index contributed by atoms with van der Waals surface area (Å²) in [7, 11) is 1.88. The topological polar surface area (TPSA) is 107 Å². The van der Waals surface area contributed by atoms with Crippen LogP contribution in [-0.4, -0.2) is 20.4 Å². The highest BCUT2D eigenvalue weighted by molar-refractivity contribution is 5.78. The third kappa shape index (κ3) is 5.21. The largest absolute Gasteiger partial charge is 0.352 e. The maximum absolute atomic E-state index is 12.9. The van der Waals surface area contributed by atoms with Gasteiger partial charge in [-0.15, -0.1) is 0 Å². The summed E-state index contributed by atoms with van der Waals surface area (Å²) < 4.78 is 3.21. The van der Waals surface area contributed by atoms with Gasteiger partial charge < -0.3 is 16.5 Å². The van der Waals surface area contributed by atoms with E-state index in [1.54, 1.807) is 17.1 Å². The van der Waals surface area contributed by atoms with Crippen molar-refractivity contribution < 1.29 is 4.79 Å². The molecular weight excluding hydrogens is 392 g/mol. The van der Waals surface area contributed by atoms with E-state index in [1.165, 1.54) is 4.68 Å². The van der Waals surface area contributed by atoms with E-state index in [2.05, 4.69) is 15.8 Å². The van der Waals surface area contributed by atoms with Crippen LogP contribution in [0.4, 0.5) is 0 Å². The van der Waals surface area contributed by atoms with E-state index in [0.29, 0.717) is 25.2 Å². The molecule has 0 fully saturated rings. The fraction of sp³-hybridized carbons (Fsp3) is 0.348. The number of carbonyl (C=O) groups is 1. The fourth-order valence-corrected chi connectivity index (χ4v) is 3.43. The number of carbonyl (C=O) groups excluding carboxylic acids is 1. The van der Waals surface area contributed by atoms with Crippen LogP contribution in [0.3, 0.4) is 0 Å². The number of pyridine rings is 1. The molecule has 0 bridgehead atoms. The Labute approximate surface area is 182 Å². The van der Waals surface area contributed by atoms with E-state index in [0.717, 1.165) is 33.5 Å². The van der Waals surface area contributed by atoms with Crippen LogP contribution >= 0.6 is 0 Å². The Bertz CT molecular complexity index is 1150. The number of aryl methyl sites for hydroxylation is 3. The number of hydrogen-bond donors (Lipinski definition) is 3. The number of nitrogens with zero attached hydrogens (tertiary/aromatic N) is 3. The molecule has 164 valence electrons. The molecule has 8 heteroatoms. The van der Waals surface area contributed by atoms with E-state index in [4.69, 9.17) is 5.73 Å². The van der Waals surface area contributed by atoms with E-state index in [-0.39, 0.29) is 17.9 Å². The quantitative estimate of drug-likeness (QED) is 0.511. The molecule has 0 aliphatic carbocycles. The predicted molar refractivity (Wildman–Crippen MR) is 121 cm³/mol. The van der Waals surface area contributed by atoms with Gasteiger partial charge in [0.1, 0.15) is 0 Å². The summed E-state index contributed by atoms with van der Waals surface area (Å²) in [6, 6.07) is 7.84. The molecule has 0 spiro atoms. The molecule has 2 aromatic heterocycles. The third-order valence-electron chi connectivity index (χ3n) is 5.60. The second kappa shape index (κ2) is 9.61. The zero-order valence-electron chi connectivity index (χ0n) is 18.5. The lowest BCUT2D eigenvalue weighted by Crippen LogP contribution is -2.34. The molecule has 3 rings (SSSR count). The lowest BCUT2D eigenvalue weighted by atomic mass is 10.0. The molecule has 1 aromatic carbocycles. The molecule has 31 heavy (non-hydrogen) atoms. The summed E-state index contributed by atoms with van der Waals surface area (Å²) in [5, 5.41) is 7.13. The monoisotopic (exact) mass is 422 g/mol. The summed E-state index contributed by atoms with van der Waals surface area (Å²) in [5.74, 6) is -0.203. The Balaban J connectivity index is 1.69. The van der Waals surface area contributed by atoms with Gasteiger partial charge in [0.05, 0.1) is 19.2 Å². The van der Waals surface area contributed by atoms with Crippen molar-refractivity contribution in [1.29, 1.82) is 0 Å². The predicted octanol–water partition coefficient (Wildman–Crippen LogP) is 1.57. The Hall–Kier alpha value is -3.39. The van der Waals surface area contributed by atoms with Gasteiger partial charge in [0.15, 0.2) is 0 Å². The minimum atomic E-state index is -0.227. The molecule has 8 nitrogen and oxygen atoms in total. The third-order valence-corrected chi connectivity index (χ3v) is 5.60. The zero-order chi connectivity index (χ0) is 22.5. The molecule has 0 aliphatic heterocycles. The molecule has 0 radical (unpaired) electrons. The highest BCUT2D eigenvalue weighted by Gasteiger charge is 2.13. The lowest BCUT2D eigenvalue weighted by molar-refractivity contribution is -0.120. The van der Waals surface area contributed by atoms with Crippen LogP contribution in [-0.2, 0) is 37.9 Å². The number of aromatic nitrogens is 3. The second-order valence-electron chi connectivity index (χ2n) is 7.80. The van der Waals surface area contributed by atoms with Crippen LogP contribution in [0.5, 0.6) is 0 Å². The first-order chi connectivity index (χ1) is 14.8. The van der Waals surface area contributed by atoms with Crippen LogP contribution < -0.4 is 22.0 Å². The summed E-state index contributed by atoms with van der Waals surface area (Å²) in [6.07, 6.45) is 3.48. The van der Waals surface area contributed by atoms with Gasteiger partial charge in [0.2, 0.25) is 5.91 Å². The minimum Gasteiger partial charge on any atom is -0.352 e. The first kappa shape index (κ1) is 22.3. The highest BCUT2D eigenvalue weighted by atomic mass is 16.2. The van der Waals surface area contributed by atoms with Crippen LogP contribution in [0.1, 0.15) is 39.1 Å². The maximum Gasteiger partial charge on any atom is 0.272 e. The Morgan fingerprint density at radius 1 is 1.10 bits per heavy atom. The Morgan fingerprint density at radius 3 is 2.55 bits per heavy atom. The molecular formula is C23H30N6O2. The van der Waals surface area contributed by atoms with Gasteiger partial charge in [-0.2, -0.15) is 5.10 Å². The number of rotatable bonds is 8. The average Bonchev–Trinajstić information content (AvgIpc) is 3.07. The van der Waals surface area contributed by atoms with Gasteiger partial charge in [-0.1, -0.05) is 23.8 Å². The SMILES string of the molecule is Cc1ccc(CN)c(CNC(=O)Cc2c(C)ccn(NCc3cnn(C)c3C)c2=O)c1. The van der Waals surface area contributed by atoms with Crippen LogP contribution in [0, 0.1) is 20.8 Å². The van der Waals surface area contributed by atoms with Crippen molar-refractivity contribution >= 4 is 5.91 Å². The second-order valence-corrected chi connectivity index (χ2v) is 7.80. The van der Waals surface area contributed by atoms with Crippen LogP contribution in [0.2, 0.25) is 0 Å². The van der Waals surface area contributed by atoms with Gasteiger partial charge in [-0.25, -0.2) is 4.68 Å². The highest BCUT2D eigenvalue weighted by Crippen LogP contribution is 2.11. The van der Waals surface area contributed by atoms with Crippen molar-refractivity contribution in [1.82, 2.24) is 19.8 Å². The summed E-state index contributed by atoms with van der Waals surface area (Å²) in [5.41, 5.74) is 15.1. The molecule has 4 N–H and O–H groups in total. The normalized spacial score (nSPS) is 10.9. The summed E-state index contributed by atoms with van der Waals surface area (Å²) in [4.78, 5) is 25.5. The molecule has 0 saturated heterocycles. The standard InChI is InChI=1S/C23H30N6O2/c1-15-5-6-18(11-24)19(9-15)12-25-22(30)10-21-16(2)7-8-29(23(21)31)27-14-20-13-26-28(4)17(20)3/h5-9,13,27H,10-12,14,24H2,1-4H3,(H,25,30). The lowest BCUT2D eigenvalue weighted by Gasteiger charge is -2.14. The van der Waals surface area contributed by atoms with E-state index < -0.39 is 0 Å². The number of hydrogen-bond acceptors (Lipinski definition) is 5. The minimum absolute atomic E-state index is 0.0167. The van der Waals surface area contributed by atoms with Crippen LogP contribution in [0.15, 0.2) is 41.5 Å². The first-order valence-electron chi connectivity index (χ1n) is 10.3. The molecule has 1 amide bonds. The van der Waals surface area contributed by atoms with Crippen molar-refractivity contribution in [2.75, 3.05) is 5.43 Å². The van der Waals surface area contributed by atoms with Crippen molar-refractivity contribution in [3.63, 3.8) is 0 Å². The Kier molecular flexibility index (Phi) is 6.91. The zero-order valence-corrected chi connectivity index (χ0v) is 18.5. The van der Waals surface area contributed by atoms with E-state index in [1.807, 2.05) is 52.1 Å². The van der Waals surface area contributed by atoms with E-state index >= 15 is 0 Å². The van der Waals surface area contributed by atoms with Crippen molar-refractivity contribution in [2.45, 2.75) is 46.8 Å². The summed E-state index contributed by atoms with van der Waals surface area (Å²) >= 11 is 0. The van der Waals surface area contributed by atoms with Crippen molar-refractivity contribution in [2.24, 2.45) is 12.8 Å². The molecule has 3 aromatic rings. The molecule has 0 atom stereocenters. The van der Waals surface area contributed by atoms with Gasteiger partial charge in [0.25, 0.3) is 5.56 Å². The van der Waals surface area contributed by atoms with Crippen LogP contribution in [0.25, 0.3) is 0 Å². The molecule has 2 heterocycles. The summed E-state index contributed by atoms with van der Waals surface area (Å²) in [6.45, 7) is 7.07. The first-order valence-corrected chi connectivity index (χ1v) is 10.3. The number of amides is 1. The average molecular weight is 423 g/mol. The Morgan fingerprint density at radius 2 is 1.87 bits per heavy atom. The molecule has 0 unspecified atom stereocenters. The number of benzene rings is 1. The van der Waals surface area contributed by atoms with Crippen molar-refractivity contribution in [3.8, 4) is 0 Å². The number of nitrogens with two attached hydrogens (primary N) is 1. The van der Waals surface area contributed by atoms with E-state index in [9.17, 15) is 9.59 Å². The van der Waals surface area contributed by atoms with Gasteiger partial charge in [-0.3, -0.25) is 14.3 Å². The van der Waals surface area contributed by atoms with Gasteiger partial charge in [0, 0.05) is 43.2 Å². The fourth-order valence-electron chi connectivity index (χ4n) is 3.43. The van der Waals surface area contributed by atoms with Gasteiger partial charge >= 0.3 is 0 Å². The van der Waals surface area contributed by atoms with Crippen molar-refractivity contribution in [3.05, 3.63) is 86.1 Å². The maximum atomic E-state index is 12.9.